The smallest absolute Gasteiger partial charge is 0.350 e. The minimum Gasteiger partial charge on any atom is -0.455 e. The van der Waals surface area contributed by atoms with Crippen LogP contribution in [0, 0.1) is 6.92 Å². The Balaban J connectivity index is 1.44. The molecule has 0 atom stereocenters. The van der Waals surface area contributed by atoms with Crippen molar-refractivity contribution in [2.75, 3.05) is 0 Å². The van der Waals surface area contributed by atoms with Crippen LogP contribution in [0.2, 0.25) is 0 Å². The molecule has 0 bridgehead atoms. The van der Waals surface area contributed by atoms with Crippen LogP contribution in [0.1, 0.15) is 21.1 Å². The molecule has 4 aromatic rings. The molecule has 0 aliphatic rings. The van der Waals surface area contributed by atoms with Gasteiger partial charge in [-0.25, -0.2) is 14.8 Å². The first-order chi connectivity index (χ1) is 13.1. The monoisotopic (exact) mass is 397 g/mol. The van der Waals surface area contributed by atoms with E-state index >= 15 is 0 Å². The number of hydrogen-bond donors (Lipinski definition) is 0. The van der Waals surface area contributed by atoms with Crippen LogP contribution in [0.3, 0.4) is 0 Å². The third kappa shape index (κ3) is 3.79. The molecule has 0 saturated carbocycles. The number of carbonyl (C=O) groups is 1. The third-order valence-corrected chi connectivity index (χ3v) is 5.82. The van der Waals surface area contributed by atoms with Crippen molar-refractivity contribution in [3.63, 3.8) is 0 Å². The van der Waals surface area contributed by atoms with Gasteiger partial charge in [0, 0.05) is 30.4 Å². The molecular formula is C18H15N5O2S2. The number of esters is 1. The molecular weight excluding hydrogens is 382 g/mol. The van der Waals surface area contributed by atoms with E-state index in [1.54, 1.807) is 24.0 Å². The molecule has 4 rings (SSSR count). The summed E-state index contributed by atoms with van der Waals surface area (Å²) in [6.45, 7) is 1.91. The lowest BCUT2D eigenvalue weighted by atomic mass is 10.3. The van der Waals surface area contributed by atoms with E-state index in [9.17, 15) is 4.79 Å². The first kappa shape index (κ1) is 17.5. The Morgan fingerprint density at radius 3 is 2.89 bits per heavy atom. The first-order valence-electron chi connectivity index (χ1n) is 8.09. The second-order valence-corrected chi connectivity index (χ2v) is 7.63. The van der Waals surface area contributed by atoms with Crippen LogP contribution in [0.4, 0.5) is 0 Å². The van der Waals surface area contributed by atoms with E-state index in [2.05, 4.69) is 20.1 Å². The molecule has 136 valence electrons. The van der Waals surface area contributed by atoms with Gasteiger partial charge in [-0.05, 0) is 19.1 Å². The highest BCUT2D eigenvalue weighted by atomic mass is 32.1. The fourth-order valence-corrected chi connectivity index (χ4v) is 4.14. The maximum atomic E-state index is 12.5. The maximum Gasteiger partial charge on any atom is 0.350 e. The van der Waals surface area contributed by atoms with Crippen LogP contribution in [0.5, 0.6) is 0 Å². The molecule has 0 aliphatic heterocycles. The van der Waals surface area contributed by atoms with Gasteiger partial charge >= 0.3 is 5.97 Å². The van der Waals surface area contributed by atoms with Gasteiger partial charge < -0.3 is 4.74 Å². The van der Waals surface area contributed by atoms with E-state index in [-0.39, 0.29) is 6.61 Å². The predicted molar refractivity (Wildman–Crippen MR) is 104 cm³/mol. The molecule has 4 aromatic heterocycles. The lowest BCUT2D eigenvalue weighted by Gasteiger charge is -2.00. The summed E-state index contributed by atoms with van der Waals surface area (Å²) in [5, 5.41) is 7.57. The van der Waals surface area contributed by atoms with Crippen molar-refractivity contribution >= 4 is 28.6 Å². The number of thiazole rings is 2. The molecule has 0 fully saturated rings. The molecule has 7 nitrogen and oxygen atoms in total. The molecule has 0 aliphatic carbocycles. The van der Waals surface area contributed by atoms with Crippen LogP contribution in [-0.4, -0.2) is 30.7 Å². The molecule has 4 heterocycles. The van der Waals surface area contributed by atoms with E-state index in [1.165, 1.54) is 22.7 Å². The van der Waals surface area contributed by atoms with Crippen LogP contribution in [0.25, 0.3) is 21.3 Å². The second kappa shape index (κ2) is 7.37. The SMILES string of the molecule is Cc1nc(-c2ccccn2)sc1C(=O)OCc1csc(-c2cnn(C)c2)n1. The Morgan fingerprint density at radius 2 is 2.15 bits per heavy atom. The second-order valence-electron chi connectivity index (χ2n) is 5.77. The highest BCUT2D eigenvalue weighted by Gasteiger charge is 2.18. The Morgan fingerprint density at radius 1 is 1.26 bits per heavy atom. The van der Waals surface area contributed by atoms with Gasteiger partial charge in [0.1, 0.15) is 21.5 Å². The summed E-state index contributed by atoms with van der Waals surface area (Å²) < 4.78 is 7.16. The Hall–Kier alpha value is -2.91. The normalized spacial score (nSPS) is 10.9. The Bertz CT molecular complexity index is 1080. The van der Waals surface area contributed by atoms with Crippen molar-refractivity contribution in [3.8, 4) is 21.3 Å². The summed E-state index contributed by atoms with van der Waals surface area (Å²) in [6, 6.07) is 5.59. The lowest BCUT2D eigenvalue weighted by Crippen LogP contribution is -2.05. The van der Waals surface area contributed by atoms with Gasteiger partial charge in [0.05, 0.1) is 23.3 Å². The molecule has 0 spiro atoms. The van der Waals surface area contributed by atoms with Gasteiger partial charge in [-0.2, -0.15) is 5.10 Å². The maximum absolute atomic E-state index is 12.5. The largest absolute Gasteiger partial charge is 0.455 e. The van der Waals surface area contributed by atoms with E-state index in [0.29, 0.717) is 21.3 Å². The number of rotatable bonds is 5. The summed E-state index contributed by atoms with van der Waals surface area (Å²) in [5.74, 6) is -0.400. The third-order valence-electron chi connectivity index (χ3n) is 3.72. The van der Waals surface area contributed by atoms with Crippen LogP contribution in [0.15, 0.2) is 42.2 Å². The van der Waals surface area contributed by atoms with Crippen LogP contribution >= 0.6 is 22.7 Å². The van der Waals surface area contributed by atoms with Crippen molar-refractivity contribution in [1.82, 2.24) is 24.7 Å². The Labute approximate surface area is 163 Å². The number of pyridine rings is 1. The van der Waals surface area contributed by atoms with E-state index in [1.807, 2.05) is 36.8 Å². The molecule has 0 N–H and O–H groups in total. The van der Waals surface area contributed by atoms with E-state index in [0.717, 1.165) is 16.3 Å². The zero-order valence-electron chi connectivity index (χ0n) is 14.6. The topological polar surface area (TPSA) is 82.8 Å². The van der Waals surface area contributed by atoms with E-state index in [4.69, 9.17) is 4.74 Å². The quantitative estimate of drug-likeness (QED) is 0.477. The molecule has 0 radical (unpaired) electrons. The zero-order valence-corrected chi connectivity index (χ0v) is 16.3. The molecule has 9 heteroatoms. The van der Waals surface area contributed by atoms with Crippen molar-refractivity contribution in [2.45, 2.75) is 13.5 Å². The van der Waals surface area contributed by atoms with Crippen molar-refractivity contribution in [1.29, 1.82) is 0 Å². The Kier molecular flexibility index (Phi) is 4.78. The van der Waals surface area contributed by atoms with Crippen LogP contribution < -0.4 is 0 Å². The molecule has 0 amide bonds. The minimum atomic E-state index is -0.400. The highest BCUT2D eigenvalue weighted by Crippen LogP contribution is 2.28. The van der Waals surface area contributed by atoms with E-state index < -0.39 is 5.97 Å². The van der Waals surface area contributed by atoms with Gasteiger partial charge in [0.25, 0.3) is 0 Å². The summed E-state index contributed by atoms with van der Waals surface area (Å²) in [4.78, 5) is 26.1. The fourth-order valence-electron chi connectivity index (χ4n) is 2.43. The summed E-state index contributed by atoms with van der Waals surface area (Å²) in [6.07, 6.45) is 5.36. The molecule has 0 aromatic carbocycles. The average molecular weight is 397 g/mol. The number of hydrogen-bond acceptors (Lipinski definition) is 8. The number of aryl methyl sites for hydroxylation is 2. The number of aromatic nitrogens is 5. The minimum absolute atomic E-state index is 0.117. The molecule has 0 saturated heterocycles. The number of nitrogens with zero attached hydrogens (tertiary/aromatic N) is 5. The summed E-state index contributed by atoms with van der Waals surface area (Å²) in [5.41, 5.74) is 3.03. The van der Waals surface area contributed by atoms with Crippen molar-refractivity contribution < 1.29 is 9.53 Å². The lowest BCUT2D eigenvalue weighted by molar-refractivity contribution is 0.0473. The van der Waals surface area contributed by atoms with Gasteiger partial charge in [0.2, 0.25) is 0 Å². The zero-order chi connectivity index (χ0) is 18.8. The number of ether oxygens (including phenoxy) is 1. The highest BCUT2D eigenvalue weighted by molar-refractivity contribution is 7.17. The van der Waals surface area contributed by atoms with Crippen LogP contribution in [-0.2, 0) is 18.4 Å². The standard InChI is InChI=1S/C18H15N5O2S2/c1-11-15(27-17(21-11)14-5-3-4-6-19-14)18(24)25-9-13-10-26-16(22-13)12-7-20-23(2)8-12/h3-8,10H,9H2,1-2H3. The summed E-state index contributed by atoms with van der Waals surface area (Å²) in [7, 11) is 1.86. The van der Waals surface area contributed by atoms with Gasteiger partial charge in [0.15, 0.2) is 0 Å². The van der Waals surface area contributed by atoms with Gasteiger partial charge in [-0.3, -0.25) is 9.67 Å². The molecule has 0 unspecified atom stereocenters. The van der Waals surface area contributed by atoms with Gasteiger partial charge in [-0.1, -0.05) is 6.07 Å². The van der Waals surface area contributed by atoms with Gasteiger partial charge in [-0.15, -0.1) is 22.7 Å². The fraction of sp³-hybridized carbons (Fsp3) is 0.167. The predicted octanol–water partition coefficient (Wildman–Crippen LogP) is 3.73. The summed E-state index contributed by atoms with van der Waals surface area (Å²) >= 11 is 2.78. The van der Waals surface area contributed by atoms with Crippen molar-refractivity contribution in [2.24, 2.45) is 7.05 Å². The van der Waals surface area contributed by atoms with Crippen molar-refractivity contribution in [3.05, 3.63) is 58.4 Å². The first-order valence-corrected chi connectivity index (χ1v) is 9.79. The number of carbonyl (C=O) groups excluding carboxylic acids is 1. The molecule has 27 heavy (non-hydrogen) atoms. The average Bonchev–Trinajstić information content (AvgIpc) is 3.40.